The van der Waals surface area contributed by atoms with Crippen LogP contribution >= 0.6 is 0 Å². The van der Waals surface area contributed by atoms with E-state index in [-0.39, 0.29) is 17.8 Å². The second-order valence-electron chi connectivity index (χ2n) is 6.63. The minimum absolute atomic E-state index is 0.0428. The Bertz CT molecular complexity index is 829. The molecule has 1 N–H and O–H groups in total. The molecule has 4 nitrogen and oxygen atoms in total. The lowest BCUT2D eigenvalue weighted by molar-refractivity contribution is 0.0460. The van der Waals surface area contributed by atoms with Crippen LogP contribution in [0.1, 0.15) is 42.5 Å². The zero-order chi connectivity index (χ0) is 16.4. The molecule has 1 aromatic heterocycles. The molecule has 0 saturated carbocycles. The summed E-state index contributed by atoms with van der Waals surface area (Å²) in [5, 5.41) is 0. The molecule has 0 aliphatic rings. The van der Waals surface area contributed by atoms with Crippen molar-refractivity contribution in [3.8, 4) is 0 Å². The zero-order valence-corrected chi connectivity index (χ0v) is 13.6. The van der Waals surface area contributed by atoms with E-state index >= 15 is 0 Å². The molecule has 0 spiro atoms. The number of ether oxygens (including phenoxy) is 1. The molecule has 0 fully saturated rings. The molecular weight excluding hydrogens is 288 g/mol. The minimum Gasteiger partial charge on any atom is -0.455 e. The lowest BCUT2D eigenvalue weighted by Crippen LogP contribution is -2.10. The Morgan fingerprint density at radius 2 is 1.87 bits per heavy atom. The van der Waals surface area contributed by atoms with Crippen molar-refractivity contribution >= 4 is 17.0 Å². The van der Waals surface area contributed by atoms with Gasteiger partial charge in [-0.1, -0.05) is 57.2 Å². The summed E-state index contributed by atoms with van der Waals surface area (Å²) >= 11 is 0. The maximum absolute atomic E-state index is 12.2. The summed E-state index contributed by atoms with van der Waals surface area (Å²) in [6.07, 6.45) is 0. The van der Waals surface area contributed by atoms with E-state index in [0.29, 0.717) is 0 Å². The van der Waals surface area contributed by atoms with E-state index in [1.54, 1.807) is 0 Å². The number of carbonyl (C=O) groups is 1. The number of aromatic amines is 1. The van der Waals surface area contributed by atoms with Crippen LogP contribution in [0.2, 0.25) is 0 Å². The lowest BCUT2D eigenvalue weighted by atomic mass is 9.87. The number of hydrogen-bond donors (Lipinski definition) is 1. The molecule has 3 aromatic rings. The molecule has 0 unspecified atom stereocenters. The van der Waals surface area contributed by atoms with E-state index in [1.165, 1.54) is 5.56 Å². The first-order valence-corrected chi connectivity index (χ1v) is 7.65. The summed E-state index contributed by atoms with van der Waals surface area (Å²) in [5.74, 6) is -0.204. The lowest BCUT2D eigenvalue weighted by Gasteiger charge is -2.18. The summed E-state index contributed by atoms with van der Waals surface area (Å²) < 4.78 is 5.31. The van der Waals surface area contributed by atoms with Crippen LogP contribution in [0.3, 0.4) is 0 Å². The minimum atomic E-state index is -0.442. The number of carbonyl (C=O) groups excluding carboxylic acids is 1. The van der Waals surface area contributed by atoms with Gasteiger partial charge in [-0.05, 0) is 28.7 Å². The van der Waals surface area contributed by atoms with E-state index < -0.39 is 5.97 Å². The summed E-state index contributed by atoms with van der Waals surface area (Å²) in [7, 11) is 0. The van der Waals surface area contributed by atoms with Gasteiger partial charge in [0, 0.05) is 0 Å². The number of benzene rings is 2. The third kappa shape index (κ3) is 3.42. The molecule has 118 valence electrons. The fraction of sp³-hybridized carbons (Fsp3) is 0.263. The van der Waals surface area contributed by atoms with Crippen molar-refractivity contribution in [3.63, 3.8) is 0 Å². The molecule has 3 rings (SSSR count). The number of nitrogens with one attached hydrogen (secondary N) is 1. The molecular formula is C19H20N2O2. The summed E-state index contributed by atoms with van der Waals surface area (Å²) in [6, 6.07) is 15.6. The number of hydrogen-bond acceptors (Lipinski definition) is 3. The molecule has 1 heterocycles. The molecule has 4 heteroatoms. The van der Waals surface area contributed by atoms with Gasteiger partial charge in [-0.15, -0.1) is 0 Å². The quantitative estimate of drug-likeness (QED) is 0.737. The van der Waals surface area contributed by atoms with Gasteiger partial charge in [0.05, 0.1) is 11.0 Å². The Balaban J connectivity index is 1.78. The van der Waals surface area contributed by atoms with Crippen LogP contribution in [0.15, 0.2) is 48.5 Å². The van der Waals surface area contributed by atoms with Gasteiger partial charge in [-0.25, -0.2) is 9.78 Å². The van der Waals surface area contributed by atoms with Crippen molar-refractivity contribution in [1.82, 2.24) is 9.97 Å². The number of imidazole rings is 1. The topological polar surface area (TPSA) is 55.0 Å². The van der Waals surface area contributed by atoms with Gasteiger partial charge in [0.15, 0.2) is 0 Å². The van der Waals surface area contributed by atoms with E-state index in [0.717, 1.165) is 16.6 Å². The molecule has 2 aromatic carbocycles. The number of esters is 1. The zero-order valence-electron chi connectivity index (χ0n) is 13.6. The van der Waals surface area contributed by atoms with Crippen molar-refractivity contribution in [3.05, 3.63) is 65.5 Å². The van der Waals surface area contributed by atoms with Gasteiger partial charge in [-0.3, -0.25) is 0 Å². The molecule has 0 aliphatic heterocycles. The first kappa shape index (κ1) is 15.3. The molecule has 0 aliphatic carbocycles. The Hall–Kier alpha value is -2.62. The number of rotatable bonds is 3. The first-order chi connectivity index (χ1) is 10.9. The van der Waals surface area contributed by atoms with Gasteiger partial charge < -0.3 is 9.72 Å². The molecule has 23 heavy (non-hydrogen) atoms. The highest BCUT2D eigenvalue weighted by molar-refractivity contribution is 5.90. The normalized spacial score (nSPS) is 11.6. The fourth-order valence-electron chi connectivity index (χ4n) is 2.36. The first-order valence-electron chi connectivity index (χ1n) is 7.65. The SMILES string of the molecule is CC(C)(C)c1ccc2[nH]c(C(=O)OCc3ccccc3)nc2c1. The van der Waals surface area contributed by atoms with Crippen LogP contribution in [-0.2, 0) is 16.8 Å². The average molecular weight is 308 g/mol. The van der Waals surface area contributed by atoms with Gasteiger partial charge in [-0.2, -0.15) is 0 Å². The van der Waals surface area contributed by atoms with Crippen LogP contribution < -0.4 is 0 Å². The van der Waals surface area contributed by atoms with Crippen molar-refractivity contribution in [2.45, 2.75) is 32.8 Å². The summed E-state index contributed by atoms with van der Waals surface area (Å²) in [5.41, 5.74) is 3.79. The number of H-pyrrole nitrogens is 1. The molecule has 0 bridgehead atoms. The fourth-order valence-corrected chi connectivity index (χ4v) is 2.36. The van der Waals surface area contributed by atoms with Gasteiger partial charge >= 0.3 is 5.97 Å². The third-order valence-electron chi connectivity index (χ3n) is 3.76. The van der Waals surface area contributed by atoms with Crippen LogP contribution in [0.4, 0.5) is 0 Å². The Kier molecular flexibility index (Phi) is 3.90. The second kappa shape index (κ2) is 5.88. The van der Waals surface area contributed by atoms with E-state index in [9.17, 15) is 4.79 Å². The highest BCUT2D eigenvalue weighted by Crippen LogP contribution is 2.25. The smallest absolute Gasteiger partial charge is 0.374 e. The Morgan fingerprint density at radius 1 is 1.13 bits per heavy atom. The number of nitrogens with zero attached hydrogens (tertiary/aromatic N) is 1. The maximum Gasteiger partial charge on any atom is 0.374 e. The van der Waals surface area contributed by atoms with E-state index in [2.05, 4.69) is 36.8 Å². The average Bonchev–Trinajstić information content (AvgIpc) is 2.96. The van der Waals surface area contributed by atoms with Crippen molar-refractivity contribution in [1.29, 1.82) is 0 Å². The molecule has 0 atom stereocenters. The largest absolute Gasteiger partial charge is 0.455 e. The van der Waals surface area contributed by atoms with Gasteiger partial charge in [0.25, 0.3) is 0 Å². The predicted octanol–water partition coefficient (Wildman–Crippen LogP) is 4.22. The maximum atomic E-state index is 12.2. The molecule has 0 radical (unpaired) electrons. The van der Waals surface area contributed by atoms with E-state index in [1.807, 2.05) is 42.5 Å². The Labute approximate surface area is 135 Å². The van der Waals surface area contributed by atoms with Crippen LogP contribution in [0.5, 0.6) is 0 Å². The summed E-state index contributed by atoms with van der Waals surface area (Å²) in [4.78, 5) is 19.5. The predicted molar refractivity (Wildman–Crippen MR) is 90.4 cm³/mol. The van der Waals surface area contributed by atoms with Gasteiger partial charge in [0.1, 0.15) is 6.61 Å². The highest BCUT2D eigenvalue weighted by atomic mass is 16.5. The molecule has 0 saturated heterocycles. The van der Waals surface area contributed by atoms with Crippen molar-refractivity contribution < 1.29 is 9.53 Å². The third-order valence-corrected chi connectivity index (χ3v) is 3.76. The van der Waals surface area contributed by atoms with Crippen molar-refractivity contribution in [2.24, 2.45) is 0 Å². The van der Waals surface area contributed by atoms with Gasteiger partial charge in [0.2, 0.25) is 5.82 Å². The van der Waals surface area contributed by atoms with Crippen LogP contribution in [0.25, 0.3) is 11.0 Å². The standard InChI is InChI=1S/C19H20N2O2/c1-19(2,3)14-9-10-15-16(11-14)21-17(20-15)18(22)23-12-13-7-5-4-6-8-13/h4-11H,12H2,1-3H3,(H,20,21). The molecule has 0 amide bonds. The number of fused-ring (bicyclic) bond motifs is 1. The second-order valence-corrected chi connectivity index (χ2v) is 6.63. The Morgan fingerprint density at radius 3 is 2.57 bits per heavy atom. The van der Waals surface area contributed by atoms with Crippen molar-refractivity contribution in [2.75, 3.05) is 0 Å². The monoisotopic (exact) mass is 308 g/mol. The van der Waals surface area contributed by atoms with Crippen LogP contribution in [-0.4, -0.2) is 15.9 Å². The van der Waals surface area contributed by atoms with Crippen LogP contribution in [0, 0.1) is 0 Å². The highest BCUT2D eigenvalue weighted by Gasteiger charge is 2.17. The number of aromatic nitrogens is 2. The summed E-state index contributed by atoms with van der Waals surface area (Å²) in [6.45, 7) is 6.69. The van der Waals surface area contributed by atoms with E-state index in [4.69, 9.17) is 4.74 Å².